The first-order chi connectivity index (χ1) is 18.3. The molecule has 38 heavy (non-hydrogen) atoms. The van der Waals surface area contributed by atoms with Gasteiger partial charge in [-0.05, 0) is 66.8 Å². The Morgan fingerprint density at radius 3 is 2.45 bits per heavy atom. The number of ether oxygens (including phenoxy) is 2. The van der Waals surface area contributed by atoms with Crippen LogP contribution in [0.2, 0.25) is 0 Å². The van der Waals surface area contributed by atoms with Gasteiger partial charge in [-0.1, -0.05) is 36.8 Å². The number of hydrogen-bond donors (Lipinski definition) is 0. The highest BCUT2D eigenvalue weighted by atomic mass is 19.4. The van der Waals surface area contributed by atoms with E-state index in [1.165, 1.54) is 11.1 Å². The third-order valence-corrected chi connectivity index (χ3v) is 7.96. The second-order valence-electron chi connectivity index (χ2n) is 10.7. The van der Waals surface area contributed by atoms with Crippen molar-refractivity contribution in [2.45, 2.75) is 64.1 Å². The van der Waals surface area contributed by atoms with Crippen molar-refractivity contribution in [2.75, 3.05) is 39.9 Å². The zero-order valence-electron chi connectivity index (χ0n) is 22.3. The van der Waals surface area contributed by atoms with E-state index < -0.39 is 19.0 Å². The first-order valence-corrected chi connectivity index (χ1v) is 13.7. The third kappa shape index (κ3) is 8.13. The monoisotopic (exact) mass is 532 g/mol. The molecule has 0 aromatic heterocycles. The van der Waals surface area contributed by atoms with E-state index in [2.05, 4.69) is 29.2 Å². The minimum absolute atomic E-state index is 0.0198. The van der Waals surface area contributed by atoms with Crippen molar-refractivity contribution in [1.29, 1.82) is 0 Å². The molecule has 0 saturated carbocycles. The molecule has 0 radical (unpaired) electrons. The van der Waals surface area contributed by atoms with E-state index in [1.807, 2.05) is 24.3 Å². The molecule has 0 bridgehead atoms. The minimum Gasteiger partial charge on any atom is -0.497 e. The Morgan fingerprint density at radius 1 is 1.00 bits per heavy atom. The van der Waals surface area contributed by atoms with Gasteiger partial charge in [-0.3, -0.25) is 9.69 Å². The smallest absolute Gasteiger partial charge is 0.389 e. The fraction of sp³-hybridized carbons (Fsp3) is 0.567. The van der Waals surface area contributed by atoms with Crippen LogP contribution in [0.1, 0.15) is 56.1 Å². The summed E-state index contributed by atoms with van der Waals surface area (Å²) in [4.78, 5) is 16.6. The lowest BCUT2D eigenvalue weighted by Crippen LogP contribution is -2.48. The van der Waals surface area contributed by atoms with Crippen molar-refractivity contribution in [2.24, 2.45) is 5.41 Å². The van der Waals surface area contributed by atoms with Gasteiger partial charge in [0.1, 0.15) is 18.1 Å². The Balaban J connectivity index is 1.48. The fourth-order valence-electron chi connectivity index (χ4n) is 5.75. The van der Waals surface area contributed by atoms with Gasteiger partial charge in [0, 0.05) is 39.1 Å². The van der Waals surface area contributed by atoms with Gasteiger partial charge in [0.25, 0.3) is 0 Å². The fourth-order valence-corrected chi connectivity index (χ4v) is 5.75. The maximum atomic E-state index is 12.6. The highest BCUT2D eigenvalue weighted by Gasteiger charge is 2.38. The topological polar surface area (TPSA) is 42.0 Å². The molecule has 0 unspecified atom stereocenters. The van der Waals surface area contributed by atoms with Gasteiger partial charge < -0.3 is 14.4 Å². The summed E-state index contributed by atoms with van der Waals surface area (Å²) < 4.78 is 49.5. The summed E-state index contributed by atoms with van der Waals surface area (Å²) in [6.07, 6.45) is -0.0853. The average Bonchev–Trinajstić information content (AvgIpc) is 2.90. The SMILES string of the molecule is COc1ccc(CN2CCOc3ccccc3CCCCC3(CCN(C(=O)CCC(F)(F)F)CC3)C2)cc1. The molecule has 1 fully saturated rings. The Bertz CT molecular complexity index is 1030. The summed E-state index contributed by atoms with van der Waals surface area (Å²) in [7, 11) is 1.66. The van der Waals surface area contributed by atoms with E-state index in [-0.39, 0.29) is 11.3 Å². The Morgan fingerprint density at radius 2 is 1.74 bits per heavy atom. The lowest BCUT2D eigenvalue weighted by molar-refractivity contribution is -0.150. The Hall–Kier alpha value is -2.74. The van der Waals surface area contributed by atoms with Gasteiger partial charge in [0.05, 0.1) is 13.5 Å². The molecule has 0 atom stereocenters. The van der Waals surface area contributed by atoms with Crippen molar-refractivity contribution in [1.82, 2.24) is 9.80 Å². The molecule has 0 aliphatic carbocycles. The molecule has 2 aromatic rings. The van der Waals surface area contributed by atoms with E-state index in [1.54, 1.807) is 12.0 Å². The van der Waals surface area contributed by atoms with Crippen molar-refractivity contribution in [3.05, 3.63) is 59.7 Å². The van der Waals surface area contributed by atoms with Gasteiger partial charge in [-0.2, -0.15) is 13.2 Å². The number of carbonyl (C=O) groups is 1. The Kier molecular flexibility index (Phi) is 9.58. The van der Waals surface area contributed by atoms with Crippen molar-refractivity contribution < 1.29 is 27.4 Å². The van der Waals surface area contributed by atoms with Gasteiger partial charge in [0.15, 0.2) is 0 Å². The van der Waals surface area contributed by atoms with Gasteiger partial charge in [-0.25, -0.2) is 0 Å². The molecule has 2 aliphatic heterocycles. The van der Waals surface area contributed by atoms with Crippen molar-refractivity contribution in [3.63, 3.8) is 0 Å². The maximum Gasteiger partial charge on any atom is 0.389 e. The van der Waals surface area contributed by atoms with Crippen LogP contribution in [-0.2, 0) is 17.8 Å². The lowest BCUT2D eigenvalue weighted by Gasteiger charge is -2.45. The van der Waals surface area contributed by atoms with Crippen LogP contribution in [-0.4, -0.2) is 61.8 Å². The normalized spacial score (nSPS) is 19.1. The number of aryl methyl sites for hydroxylation is 1. The maximum absolute atomic E-state index is 12.6. The van der Waals surface area contributed by atoms with E-state index in [9.17, 15) is 18.0 Å². The van der Waals surface area contributed by atoms with Crippen LogP contribution in [0, 0.1) is 5.41 Å². The second kappa shape index (κ2) is 12.9. The number of nitrogens with zero attached hydrogens (tertiary/aromatic N) is 2. The first kappa shape index (κ1) is 28.3. The molecule has 8 heteroatoms. The van der Waals surface area contributed by atoms with Gasteiger partial charge in [-0.15, -0.1) is 0 Å². The zero-order chi connectivity index (χ0) is 27.0. The standard InChI is InChI=1S/C30H39F3N2O3/c1-37-26-11-9-24(10-12-26)22-34-20-21-38-27-8-3-2-6-25(27)7-4-5-14-29(23-34)16-18-35(19-17-29)28(36)13-15-30(31,32)33/h2-3,6,8-12H,4-5,7,13-23H2,1H3. The highest BCUT2D eigenvalue weighted by molar-refractivity contribution is 5.76. The van der Waals surface area contributed by atoms with E-state index in [4.69, 9.17) is 9.47 Å². The molecule has 1 saturated heterocycles. The number of amides is 1. The summed E-state index contributed by atoms with van der Waals surface area (Å²) in [5, 5.41) is 0. The summed E-state index contributed by atoms with van der Waals surface area (Å²) in [6, 6.07) is 16.4. The molecule has 1 spiro atoms. The number of rotatable bonds is 5. The predicted molar refractivity (Wildman–Crippen MR) is 141 cm³/mol. The number of likely N-dealkylation sites (tertiary alicyclic amines) is 1. The Labute approximate surface area is 223 Å². The summed E-state index contributed by atoms with van der Waals surface area (Å²) in [5.41, 5.74) is 2.44. The highest BCUT2D eigenvalue weighted by Crippen LogP contribution is 2.39. The third-order valence-electron chi connectivity index (χ3n) is 7.96. The number of para-hydroxylation sites is 1. The number of halogens is 3. The average molecular weight is 533 g/mol. The van der Waals surface area contributed by atoms with Crippen molar-refractivity contribution >= 4 is 5.91 Å². The molecule has 2 aliphatic rings. The van der Waals surface area contributed by atoms with Crippen LogP contribution in [0.25, 0.3) is 0 Å². The van der Waals surface area contributed by atoms with Crippen LogP contribution in [0.3, 0.4) is 0 Å². The predicted octanol–water partition coefficient (Wildman–Crippen LogP) is 6.25. The summed E-state index contributed by atoms with van der Waals surface area (Å²) in [6.45, 7) is 4.01. The zero-order valence-corrected chi connectivity index (χ0v) is 22.3. The molecule has 4 rings (SSSR count). The molecule has 2 heterocycles. The van der Waals surface area contributed by atoms with Crippen LogP contribution in [0.4, 0.5) is 13.2 Å². The minimum atomic E-state index is -4.30. The molecule has 208 valence electrons. The number of carbonyl (C=O) groups excluding carboxylic acids is 1. The van der Waals surface area contributed by atoms with Gasteiger partial charge >= 0.3 is 6.18 Å². The summed E-state index contributed by atoms with van der Waals surface area (Å²) in [5.74, 6) is 1.39. The second-order valence-corrected chi connectivity index (χ2v) is 10.7. The molecular formula is C30H39F3N2O3. The number of methoxy groups -OCH3 is 1. The van der Waals surface area contributed by atoms with Crippen LogP contribution >= 0.6 is 0 Å². The van der Waals surface area contributed by atoms with Crippen LogP contribution < -0.4 is 9.47 Å². The number of alkyl halides is 3. The van der Waals surface area contributed by atoms with E-state index in [0.717, 1.165) is 69.7 Å². The van der Waals surface area contributed by atoms with Crippen LogP contribution in [0.5, 0.6) is 11.5 Å². The number of piperidine rings is 1. The van der Waals surface area contributed by atoms with Crippen molar-refractivity contribution in [3.8, 4) is 11.5 Å². The largest absolute Gasteiger partial charge is 0.497 e. The quantitative estimate of drug-likeness (QED) is 0.456. The number of hydrogen-bond acceptors (Lipinski definition) is 4. The molecule has 5 nitrogen and oxygen atoms in total. The number of fused-ring (bicyclic) bond motifs is 1. The van der Waals surface area contributed by atoms with E-state index >= 15 is 0 Å². The molecular weight excluding hydrogens is 493 g/mol. The van der Waals surface area contributed by atoms with Crippen LogP contribution in [0.15, 0.2) is 48.5 Å². The lowest BCUT2D eigenvalue weighted by atomic mass is 9.73. The molecule has 2 aromatic carbocycles. The van der Waals surface area contributed by atoms with Gasteiger partial charge in [0.2, 0.25) is 5.91 Å². The number of benzene rings is 2. The summed E-state index contributed by atoms with van der Waals surface area (Å²) >= 11 is 0. The molecule has 1 amide bonds. The first-order valence-electron chi connectivity index (χ1n) is 13.7. The molecule has 0 N–H and O–H groups in total. The van der Waals surface area contributed by atoms with E-state index in [0.29, 0.717) is 19.7 Å².